The molecule has 2 saturated heterocycles. The summed E-state index contributed by atoms with van der Waals surface area (Å²) in [4.78, 5) is 17.7. The average Bonchev–Trinajstić information content (AvgIpc) is 3.42. The molecule has 0 aromatic heterocycles. The molecule has 1 aromatic rings. The summed E-state index contributed by atoms with van der Waals surface area (Å²) < 4.78 is 0. The fourth-order valence-corrected chi connectivity index (χ4v) is 4.96. The van der Waals surface area contributed by atoms with E-state index in [2.05, 4.69) is 45.4 Å². The predicted octanol–water partition coefficient (Wildman–Crippen LogP) is 2.54. The molecular weight excluding hydrogens is 322 g/mol. The van der Waals surface area contributed by atoms with Gasteiger partial charge in [-0.1, -0.05) is 30.3 Å². The maximum atomic E-state index is 13.0. The molecule has 4 nitrogen and oxygen atoms in total. The lowest BCUT2D eigenvalue weighted by Gasteiger charge is -2.26. The van der Waals surface area contributed by atoms with Crippen molar-refractivity contribution in [2.75, 3.05) is 45.8 Å². The van der Waals surface area contributed by atoms with Crippen LogP contribution in [0.2, 0.25) is 0 Å². The van der Waals surface area contributed by atoms with Gasteiger partial charge in [-0.2, -0.15) is 0 Å². The fourth-order valence-electron chi connectivity index (χ4n) is 4.96. The molecule has 26 heavy (non-hydrogen) atoms. The van der Waals surface area contributed by atoms with Crippen molar-refractivity contribution in [2.24, 2.45) is 11.3 Å². The Balaban J connectivity index is 1.21. The van der Waals surface area contributed by atoms with E-state index in [-0.39, 0.29) is 0 Å². The molecule has 1 amide bonds. The number of carbonyl (C=O) groups excluding carboxylic acids is 1. The van der Waals surface area contributed by atoms with Crippen LogP contribution in [0.3, 0.4) is 0 Å². The lowest BCUT2D eigenvalue weighted by Crippen LogP contribution is -2.38. The van der Waals surface area contributed by atoms with Crippen molar-refractivity contribution < 1.29 is 4.79 Å². The minimum Gasteiger partial charge on any atom is -0.341 e. The summed E-state index contributed by atoms with van der Waals surface area (Å²) in [6, 6.07) is 10.8. The summed E-state index contributed by atoms with van der Waals surface area (Å²) >= 11 is 0. The van der Waals surface area contributed by atoms with E-state index in [0.717, 1.165) is 65.1 Å². The highest BCUT2D eigenvalue weighted by Gasteiger charge is 2.58. The van der Waals surface area contributed by atoms with Gasteiger partial charge in [-0.25, -0.2) is 0 Å². The zero-order chi connectivity index (χ0) is 17.8. The number of nitrogens with zero attached hydrogens (tertiary/aromatic N) is 2. The molecule has 4 rings (SSSR count). The first-order valence-corrected chi connectivity index (χ1v) is 10.5. The molecule has 2 heterocycles. The predicted molar refractivity (Wildman–Crippen MR) is 105 cm³/mol. The van der Waals surface area contributed by atoms with Gasteiger partial charge in [0.25, 0.3) is 0 Å². The maximum Gasteiger partial charge on any atom is 0.226 e. The summed E-state index contributed by atoms with van der Waals surface area (Å²) in [6.07, 6.45) is 7.02. The number of hydrogen-bond donors (Lipinski definition) is 1. The Morgan fingerprint density at radius 2 is 1.88 bits per heavy atom. The molecule has 0 bridgehead atoms. The lowest BCUT2D eigenvalue weighted by molar-refractivity contribution is -0.133. The SMILES string of the molecule is O=C([C@@H]1CC12CCNCC2)N1CCCN(CCCc2ccccc2)CC1. The summed E-state index contributed by atoms with van der Waals surface area (Å²) in [5.74, 6) is 0.785. The highest BCUT2D eigenvalue weighted by molar-refractivity contribution is 5.82. The van der Waals surface area contributed by atoms with Gasteiger partial charge in [0, 0.05) is 25.6 Å². The first-order valence-electron chi connectivity index (χ1n) is 10.5. The van der Waals surface area contributed by atoms with E-state index in [4.69, 9.17) is 0 Å². The molecular formula is C22H33N3O. The minimum absolute atomic E-state index is 0.328. The first kappa shape index (κ1) is 18.0. The molecule has 4 heteroatoms. The lowest BCUT2D eigenvalue weighted by atomic mass is 9.91. The van der Waals surface area contributed by atoms with Gasteiger partial charge >= 0.3 is 0 Å². The van der Waals surface area contributed by atoms with Crippen LogP contribution in [0.15, 0.2) is 30.3 Å². The summed E-state index contributed by atoms with van der Waals surface area (Å²) in [6.45, 7) is 7.40. The number of nitrogens with one attached hydrogen (secondary N) is 1. The van der Waals surface area contributed by atoms with Gasteiger partial charge in [0.05, 0.1) is 0 Å². The van der Waals surface area contributed by atoms with Gasteiger partial charge in [0.2, 0.25) is 5.91 Å². The van der Waals surface area contributed by atoms with E-state index < -0.39 is 0 Å². The number of benzene rings is 1. The molecule has 3 fully saturated rings. The zero-order valence-electron chi connectivity index (χ0n) is 16.0. The molecule has 1 N–H and O–H groups in total. The third kappa shape index (κ3) is 4.12. The maximum absolute atomic E-state index is 13.0. The van der Waals surface area contributed by atoms with Gasteiger partial charge in [-0.3, -0.25) is 4.79 Å². The third-order valence-corrected chi connectivity index (χ3v) is 6.77. The molecule has 1 atom stereocenters. The zero-order valence-corrected chi connectivity index (χ0v) is 16.0. The van der Waals surface area contributed by atoms with Gasteiger partial charge in [-0.15, -0.1) is 0 Å². The Morgan fingerprint density at radius 1 is 1.08 bits per heavy atom. The van der Waals surface area contributed by atoms with Crippen molar-refractivity contribution in [1.29, 1.82) is 0 Å². The largest absolute Gasteiger partial charge is 0.341 e. The molecule has 3 aliphatic rings. The topological polar surface area (TPSA) is 35.6 Å². The number of rotatable bonds is 5. The van der Waals surface area contributed by atoms with E-state index in [1.165, 1.54) is 24.8 Å². The quantitative estimate of drug-likeness (QED) is 0.882. The second kappa shape index (κ2) is 8.10. The smallest absolute Gasteiger partial charge is 0.226 e. The number of piperidine rings is 1. The van der Waals surface area contributed by atoms with Crippen molar-refractivity contribution in [3.05, 3.63) is 35.9 Å². The normalized spacial score (nSPS) is 25.8. The second-order valence-electron chi connectivity index (χ2n) is 8.48. The van der Waals surface area contributed by atoms with Crippen LogP contribution in [0.4, 0.5) is 0 Å². The van der Waals surface area contributed by atoms with Crippen molar-refractivity contribution in [3.63, 3.8) is 0 Å². The van der Waals surface area contributed by atoms with E-state index in [1.807, 2.05) is 0 Å². The molecule has 2 aliphatic heterocycles. The number of amides is 1. The average molecular weight is 356 g/mol. The van der Waals surface area contributed by atoms with E-state index >= 15 is 0 Å². The molecule has 142 valence electrons. The molecule has 1 aromatic carbocycles. The van der Waals surface area contributed by atoms with Crippen molar-refractivity contribution >= 4 is 5.91 Å². The Bertz CT molecular complexity index is 597. The van der Waals surface area contributed by atoms with Gasteiger partial charge in [0.1, 0.15) is 0 Å². The molecule has 1 saturated carbocycles. The van der Waals surface area contributed by atoms with Crippen LogP contribution in [-0.2, 0) is 11.2 Å². The van der Waals surface area contributed by atoms with E-state index in [1.54, 1.807) is 0 Å². The van der Waals surface area contributed by atoms with Crippen molar-refractivity contribution in [3.8, 4) is 0 Å². The summed E-state index contributed by atoms with van der Waals surface area (Å²) in [5, 5.41) is 3.43. The van der Waals surface area contributed by atoms with E-state index in [9.17, 15) is 4.79 Å². The van der Waals surface area contributed by atoms with Crippen LogP contribution in [-0.4, -0.2) is 61.5 Å². The molecule has 0 unspecified atom stereocenters. The van der Waals surface area contributed by atoms with Gasteiger partial charge < -0.3 is 15.1 Å². The molecule has 1 spiro atoms. The first-order chi connectivity index (χ1) is 12.8. The number of carbonyl (C=O) groups is 1. The Morgan fingerprint density at radius 3 is 2.69 bits per heavy atom. The van der Waals surface area contributed by atoms with E-state index in [0.29, 0.717) is 17.2 Å². The Hall–Kier alpha value is -1.39. The minimum atomic E-state index is 0.328. The Labute approximate surface area is 157 Å². The van der Waals surface area contributed by atoms with Crippen LogP contribution in [0.25, 0.3) is 0 Å². The molecule has 0 radical (unpaired) electrons. The number of aryl methyl sites for hydroxylation is 1. The van der Waals surface area contributed by atoms with Crippen LogP contribution < -0.4 is 5.32 Å². The van der Waals surface area contributed by atoms with Crippen LogP contribution >= 0.6 is 0 Å². The van der Waals surface area contributed by atoms with Gasteiger partial charge in [0.15, 0.2) is 0 Å². The highest BCUT2D eigenvalue weighted by Crippen LogP contribution is 2.59. The second-order valence-corrected chi connectivity index (χ2v) is 8.48. The van der Waals surface area contributed by atoms with Crippen molar-refractivity contribution in [1.82, 2.24) is 15.1 Å². The van der Waals surface area contributed by atoms with Gasteiger partial charge in [-0.05, 0) is 75.7 Å². The van der Waals surface area contributed by atoms with Crippen LogP contribution in [0.5, 0.6) is 0 Å². The van der Waals surface area contributed by atoms with Crippen LogP contribution in [0.1, 0.15) is 37.7 Å². The fraction of sp³-hybridized carbons (Fsp3) is 0.682. The standard InChI is InChI=1S/C22H33N3O/c26-21(20-18-22(20)9-11-23-12-10-22)25-15-5-14-24(16-17-25)13-4-8-19-6-2-1-3-7-19/h1-3,6-7,20,23H,4-5,8-18H2/t20-/m0/s1. The molecule has 1 aliphatic carbocycles. The monoisotopic (exact) mass is 355 g/mol. The summed E-state index contributed by atoms with van der Waals surface area (Å²) in [5.41, 5.74) is 1.80. The number of hydrogen-bond acceptors (Lipinski definition) is 3. The third-order valence-electron chi connectivity index (χ3n) is 6.77. The van der Waals surface area contributed by atoms with Crippen LogP contribution in [0, 0.1) is 11.3 Å². The highest BCUT2D eigenvalue weighted by atomic mass is 16.2. The summed E-state index contributed by atoms with van der Waals surface area (Å²) in [7, 11) is 0. The van der Waals surface area contributed by atoms with Crippen molar-refractivity contribution in [2.45, 2.75) is 38.5 Å². The Kier molecular flexibility index (Phi) is 5.60.